The molecule has 0 radical (unpaired) electrons. The lowest BCUT2D eigenvalue weighted by Gasteiger charge is -2.22. The summed E-state index contributed by atoms with van der Waals surface area (Å²) < 4.78 is 15.2. The van der Waals surface area contributed by atoms with E-state index < -0.39 is 0 Å². The topological polar surface area (TPSA) is 93.2 Å². The highest BCUT2D eigenvalue weighted by Gasteiger charge is 2.29. The molecule has 3 N–H and O–H groups in total. The number of rotatable bonds is 6. The van der Waals surface area contributed by atoms with E-state index in [9.17, 15) is 14.0 Å². The van der Waals surface area contributed by atoms with E-state index in [1.807, 2.05) is 24.3 Å². The normalized spacial score (nSPS) is 18.0. The van der Waals surface area contributed by atoms with Gasteiger partial charge in [0.1, 0.15) is 5.82 Å². The van der Waals surface area contributed by atoms with Crippen molar-refractivity contribution in [3.63, 3.8) is 0 Å². The average Bonchev–Trinajstić information content (AvgIpc) is 3.45. The third-order valence-electron chi connectivity index (χ3n) is 6.73. The fourth-order valence-electron chi connectivity index (χ4n) is 5.09. The number of halogens is 1. The quantitative estimate of drug-likeness (QED) is 0.587. The van der Waals surface area contributed by atoms with Crippen LogP contribution in [0.4, 0.5) is 10.1 Å². The van der Waals surface area contributed by atoms with E-state index in [4.69, 9.17) is 5.73 Å². The summed E-state index contributed by atoms with van der Waals surface area (Å²) in [6, 6.07) is 13.6. The first-order valence-electron chi connectivity index (χ1n) is 11.8. The Morgan fingerprint density at radius 1 is 1.09 bits per heavy atom. The molecule has 2 aromatic carbocycles. The first-order chi connectivity index (χ1) is 16.5. The van der Waals surface area contributed by atoms with E-state index in [1.165, 1.54) is 12.1 Å². The molecule has 1 saturated heterocycles. The Morgan fingerprint density at radius 2 is 1.88 bits per heavy atom. The zero-order valence-electron chi connectivity index (χ0n) is 19.0. The number of carbonyl (C=O) groups excluding carboxylic acids is 2. The van der Waals surface area contributed by atoms with Gasteiger partial charge in [0.05, 0.1) is 11.7 Å². The minimum Gasteiger partial charge on any atom is -0.368 e. The van der Waals surface area contributed by atoms with E-state index >= 15 is 0 Å². The highest BCUT2D eigenvalue weighted by molar-refractivity contribution is 6.04. The summed E-state index contributed by atoms with van der Waals surface area (Å²) in [6.45, 7) is 1.43. The molecule has 0 saturated carbocycles. The molecule has 0 bridgehead atoms. The van der Waals surface area contributed by atoms with Crippen molar-refractivity contribution in [2.24, 2.45) is 5.73 Å². The number of nitrogens with one attached hydrogen (secondary N) is 1. The first kappa shape index (κ1) is 22.3. The fraction of sp³-hybridized carbons (Fsp3) is 0.346. The number of likely N-dealkylation sites (tertiary alicyclic amines) is 1. The molecule has 1 unspecified atom stereocenters. The molecule has 5 rings (SSSR count). The Labute approximate surface area is 197 Å². The maximum absolute atomic E-state index is 13.4. The van der Waals surface area contributed by atoms with E-state index in [0.29, 0.717) is 17.9 Å². The SMILES string of the molecule is NC(=O)C1CCCN1Cc1cccc(NC(=O)c2nn(-c3ccc(F)cc3)c3c2CCCC3)c1. The van der Waals surface area contributed by atoms with Crippen LogP contribution in [-0.4, -0.2) is 39.1 Å². The van der Waals surface area contributed by atoms with E-state index in [-0.39, 0.29) is 23.7 Å². The molecule has 2 amide bonds. The monoisotopic (exact) mass is 461 g/mol. The van der Waals surface area contributed by atoms with Gasteiger partial charge in [0.25, 0.3) is 5.91 Å². The van der Waals surface area contributed by atoms with Crippen LogP contribution in [0.5, 0.6) is 0 Å². The van der Waals surface area contributed by atoms with Crippen molar-refractivity contribution in [2.45, 2.75) is 51.1 Å². The van der Waals surface area contributed by atoms with Crippen molar-refractivity contribution in [2.75, 3.05) is 11.9 Å². The number of nitrogens with zero attached hydrogens (tertiary/aromatic N) is 3. The van der Waals surface area contributed by atoms with Gasteiger partial charge in [-0.3, -0.25) is 14.5 Å². The van der Waals surface area contributed by atoms with Crippen molar-refractivity contribution in [3.05, 3.63) is 76.9 Å². The number of aromatic nitrogens is 2. The van der Waals surface area contributed by atoms with Crippen LogP contribution in [0.3, 0.4) is 0 Å². The number of anilines is 1. The molecule has 34 heavy (non-hydrogen) atoms. The second kappa shape index (κ2) is 9.38. The van der Waals surface area contributed by atoms with Gasteiger partial charge < -0.3 is 11.1 Å². The minimum atomic E-state index is -0.307. The highest BCUT2D eigenvalue weighted by atomic mass is 19.1. The third-order valence-corrected chi connectivity index (χ3v) is 6.73. The summed E-state index contributed by atoms with van der Waals surface area (Å²) in [6.07, 6.45) is 5.40. The number of carbonyl (C=O) groups is 2. The molecule has 1 atom stereocenters. The molecule has 1 aromatic heterocycles. The Balaban J connectivity index is 1.37. The average molecular weight is 462 g/mol. The van der Waals surface area contributed by atoms with Gasteiger partial charge in [-0.2, -0.15) is 5.10 Å². The standard InChI is InChI=1S/C26H28FN5O2/c27-18-10-12-20(13-11-18)32-22-8-2-1-7-21(22)24(30-32)26(34)29-19-6-3-5-17(15-19)16-31-14-4-9-23(31)25(28)33/h3,5-6,10-13,15,23H,1-2,4,7-9,14,16H2,(H2,28,33)(H,29,34). The van der Waals surface area contributed by atoms with Crippen LogP contribution in [0.2, 0.25) is 0 Å². The van der Waals surface area contributed by atoms with Gasteiger partial charge >= 0.3 is 0 Å². The van der Waals surface area contributed by atoms with Crippen LogP contribution < -0.4 is 11.1 Å². The summed E-state index contributed by atoms with van der Waals surface area (Å²) in [5.74, 6) is -0.852. The smallest absolute Gasteiger partial charge is 0.276 e. The number of hydrogen-bond acceptors (Lipinski definition) is 4. The Kier molecular flexibility index (Phi) is 6.15. The molecule has 7 nitrogen and oxygen atoms in total. The summed E-state index contributed by atoms with van der Waals surface area (Å²) in [5.41, 5.74) is 10.4. The molecule has 1 aliphatic heterocycles. The molecule has 1 fully saturated rings. The van der Waals surface area contributed by atoms with Gasteiger partial charge in [-0.15, -0.1) is 0 Å². The van der Waals surface area contributed by atoms with E-state index in [2.05, 4.69) is 15.3 Å². The van der Waals surface area contributed by atoms with Crippen LogP contribution in [0.15, 0.2) is 48.5 Å². The lowest BCUT2D eigenvalue weighted by atomic mass is 9.95. The maximum atomic E-state index is 13.4. The zero-order chi connectivity index (χ0) is 23.7. The molecule has 2 aliphatic rings. The van der Waals surface area contributed by atoms with Gasteiger partial charge in [-0.25, -0.2) is 9.07 Å². The number of nitrogens with two attached hydrogens (primary N) is 1. The highest BCUT2D eigenvalue weighted by Crippen LogP contribution is 2.28. The van der Waals surface area contributed by atoms with Crippen molar-refractivity contribution >= 4 is 17.5 Å². The Morgan fingerprint density at radius 3 is 2.68 bits per heavy atom. The van der Waals surface area contributed by atoms with Crippen molar-refractivity contribution in [3.8, 4) is 5.69 Å². The number of hydrogen-bond donors (Lipinski definition) is 2. The molecule has 176 valence electrons. The van der Waals surface area contributed by atoms with Gasteiger partial charge in [-0.05, 0) is 87.0 Å². The summed E-state index contributed by atoms with van der Waals surface area (Å²) in [5, 5.41) is 7.64. The second-order valence-electron chi connectivity index (χ2n) is 9.05. The molecular formula is C26H28FN5O2. The molecule has 8 heteroatoms. The van der Waals surface area contributed by atoms with E-state index in [1.54, 1.807) is 16.8 Å². The molecule has 0 spiro atoms. The van der Waals surface area contributed by atoms with Crippen LogP contribution in [-0.2, 0) is 24.2 Å². The lowest BCUT2D eigenvalue weighted by molar-refractivity contribution is -0.122. The summed E-state index contributed by atoms with van der Waals surface area (Å²) in [7, 11) is 0. The summed E-state index contributed by atoms with van der Waals surface area (Å²) in [4.78, 5) is 27.1. The van der Waals surface area contributed by atoms with Crippen LogP contribution in [0, 0.1) is 5.82 Å². The van der Waals surface area contributed by atoms with Crippen LogP contribution in [0.25, 0.3) is 5.69 Å². The predicted octanol–water partition coefficient (Wildman–Crippen LogP) is 3.59. The predicted molar refractivity (Wildman–Crippen MR) is 127 cm³/mol. The largest absolute Gasteiger partial charge is 0.368 e. The van der Waals surface area contributed by atoms with Gasteiger partial charge in [0.15, 0.2) is 5.69 Å². The second-order valence-corrected chi connectivity index (χ2v) is 9.05. The van der Waals surface area contributed by atoms with E-state index in [0.717, 1.165) is 67.6 Å². The lowest BCUT2D eigenvalue weighted by Crippen LogP contribution is -2.39. The Bertz CT molecular complexity index is 1220. The molecule has 2 heterocycles. The Hall–Kier alpha value is -3.52. The number of benzene rings is 2. The minimum absolute atomic E-state index is 0.236. The number of amides is 2. The molecule has 3 aromatic rings. The van der Waals surface area contributed by atoms with Crippen LogP contribution in [0.1, 0.15) is 53.0 Å². The zero-order valence-corrected chi connectivity index (χ0v) is 19.0. The maximum Gasteiger partial charge on any atom is 0.276 e. The third kappa shape index (κ3) is 4.46. The van der Waals surface area contributed by atoms with Gasteiger partial charge in [0, 0.05) is 23.5 Å². The van der Waals surface area contributed by atoms with Crippen molar-refractivity contribution in [1.82, 2.24) is 14.7 Å². The molecule has 1 aliphatic carbocycles. The van der Waals surface area contributed by atoms with Gasteiger partial charge in [0.2, 0.25) is 5.91 Å². The van der Waals surface area contributed by atoms with Gasteiger partial charge in [-0.1, -0.05) is 12.1 Å². The van der Waals surface area contributed by atoms with Crippen molar-refractivity contribution < 1.29 is 14.0 Å². The van der Waals surface area contributed by atoms with Crippen molar-refractivity contribution in [1.29, 1.82) is 0 Å². The first-order valence-corrected chi connectivity index (χ1v) is 11.8. The number of primary amides is 1. The summed E-state index contributed by atoms with van der Waals surface area (Å²) >= 11 is 0. The number of fused-ring (bicyclic) bond motifs is 1. The molecular weight excluding hydrogens is 433 g/mol. The fourth-order valence-corrected chi connectivity index (χ4v) is 5.09. The van der Waals surface area contributed by atoms with Crippen LogP contribution >= 0.6 is 0 Å².